The molecular formula is C11H11Cl2NO. The third kappa shape index (κ3) is 1.97. The van der Waals surface area contributed by atoms with E-state index in [0.29, 0.717) is 15.6 Å². The molecule has 0 saturated carbocycles. The zero-order valence-electron chi connectivity index (χ0n) is 8.31. The van der Waals surface area contributed by atoms with Crippen LogP contribution in [0.3, 0.4) is 0 Å². The minimum atomic E-state index is -0.0764. The van der Waals surface area contributed by atoms with Crippen molar-refractivity contribution in [3.63, 3.8) is 0 Å². The Kier molecular flexibility index (Phi) is 2.89. The fourth-order valence-electron chi connectivity index (χ4n) is 1.82. The molecule has 1 amide bonds. The highest BCUT2D eigenvalue weighted by Gasteiger charge is 2.25. The molecule has 80 valence electrons. The average molecular weight is 244 g/mol. The van der Waals surface area contributed by atoms with Crippen LogP contribution >= 0.6 is 23.2 Å². The van der Waals surface area contributed by atoms with E-state index in [9.17, 15) is 4.79 Å². The van der Waals surface area contributed by atoms with E-state index in [1.54, 1.807) is 12.1 Å². The molecule has 1 aromatic carbocycles. The second kappa shape index (κ2) is 4.03. The minimum Gasteiger partial charge on any atom is -0.349 e. The number of halogens is 2. The summed E-state index contributed by atoms with van der Waals surface area (Å²) in [5, 5.41) is 4.01. The largest absolute Gasteiger partial charge is 0.349 e. The molecule has 0 saturated heterocycles. The molecule has 0 fully saturated rings. The van der Waals surface area contributed by atoms with Crippen molar-refractivity contribution < 1.29 is 4.79 Å². The van der Waals surface area contributed by atoms with Gasteiger partial charge in [-0.1, -0.05) is 30.1 Å². The number of nitrogens with one attached hydrogen (secondary N) is 1. The topological polar surface area (TPSA) is 29.1 Å². The van der Waals surface area contributed by atoms with Gasteiger partial charge in [0.25, 0.3) is 5.91 Å². The van der Waals surface area contributed by atoms with Crippen LogP contribution < -0.4 is 5.32 Å². The summed E-state index contributed by atoms with van der Waals surface area (Å²) in [7, 11) is 0. The fraction of sp³-hybridized carbons (Fsp3) is 0.364. The van der Waals surface area contributed by atoms with Crippen molar-refractivity contribution >= 4 is 29.1 Å². The standard InChI is InChI=1S/C11H11Cl2NO/c1-2-7-5-8-9(11(15)14-7)3-6(12)4-10(8)13/h3-4,7H,2,5H2,1H3,(H,14,15). The number of amides is 1. The predicted octanol–water partition coefficient (Wildman–Crippen LogP) is 3.06. The van der Waals surface area contributed by atoms with Crippen LogP contribution in [0.25, 0.3) is 0 Å². The summed E-state index contributed by atoms with van der Waals surface area (Å²) < 4.78 is 0. The number of hydrogen-bond donors (Lipinski definition) is 1. The lowest BCUT2D eigenvalue weighted by Gasteiger charge is -2.25. The normalized spacial score (nSPS) is 19.7. The first kappa shape index (κ1) is 10.8. The molecule has 15 heavy (non-hydrogen) atoms. The van der Waals surface area contributed by atoms with Crippen molar-refractivity contribution in [2.45, 2.75) is 25.8 Å². The molecule has 4 heteroatoms. The van der Waals surface area contributed by atoms with Gasteiger partial charge in [0.15, 0.2) is 0 Å². The van der Waals surface area contributed by atoms with Gasteiger partial charge in [0.1, 0.15) is 0 Å². The first-order chi connectivity index (χ1) is 7.11. The van der Waals surface area contributed by atoms with Crippen LogP contribution in [0.5, 0.6) is 0 Å². The lowest BCUT2D eigenvalue weighted by molar-refractivity contribution is 0.0924. The summed E-state index contributed by atoms with van der Waals surface area (Å²) in [5.74, 6) is -0.0764. The Bertz CT molecular complexity index is 417. The van der Waals surface area contributed by atoms with Crippen LogP contribution in [0.2, 0.25) is 10.0 Å². The molecule has 1 aromatic rings. The van der Waals surface area contributed by atoms with E-state index in [0.717, 1.165) is 18.4 Å². The third-order valence-electron chi connectivity index (χ3n) is 2.68. The highest BCUT2D eigenvalue weighted by atomic mass is 35.5. The maximum absolute atomic E-state index is 11.7. The Morgan fingerprint density at radius 3 is 2.87 bits per heavy atom. The van der Waals surface area contributed by atoms with Gasteiger partial charge in [-0.2, -0.15) is 0 Å². The Balaban J connectivity index is 2.50. The molecule has 0 aliphatic carbocycles. The average Bonchev–Trinajstić information content (AvgIpc) is 2.19. The van der Waals surface area contributed by atoms with Crippen LogP contribution in [0, 0.1) is 0 Å². The second-order valence-corrected chi connectivity index (χ2v) is 4.54. The third-order valence-corrected chi connectivity index (χ3v) is 3.24. The van der Waals surface area contributed by atoms with E-state index >= 15 is 0 Å². The van der Waals surface area contributed by atoms with Crippen LogP contribution in [-0.4, -0.2) is 11.9 Å². The van der Waals surface area contributed by atoms with Gasteiger partial charge < -0.3 is 5.32 Å². The zero-order chi connectivity index (χ0) is 11.0. The molecule has 1 aliphatic rings. The van der Waals surface area contributed by atoms with Crippen molar-refractivity contribution in [2.75, 3.05) is 0 Å². The van der Waals surface area contributed by atoms with E-state index in [2.05, 4.69) is 5.32 Å². The van der Waals surface area contributed by atoms with E-state index in [1.807, 2.05) is 6.92 Å². The number of hydrogen-bond acceptors (Lipinski definition) is 1. The van der Waals surface area contributed by atoms with Gasteiger partial charge >= 0.3 is 0 Å². The Labute approximate surface area is 98.6 Å². The van der Waals surface area contributed by atoms with Crippen molar-refractivity contribution in [3.05, 3.63) is 33.3 Å². The summed E-state index contributed by atoms with van der Waals surface area (Å²) in [6, 6.07) is 3.54. The summed E-state index contributed by atoms with van der Waals surface area (Å²) in [4.78, 5) is 11.7. The molecule has 1 N–H and O–H groups in total. The first-order valence-corrected chi connectivity index (χ1v) is 5.66. The molecular weight excluding hydrogens is 233 g/mol. The zero-order valence-corrected chi connectivity index (χ0v) is 9.82. The van der Waals surface area contributed by atoms with Crippen molar-refractivity contribution in [1.29, 1.82) is 0 Å². The van der Waals surface area contributed by atoms with Crippen molar-refractivity contribution in [2.24, 2.45) is 0 Å². The quantitative estimate of drug-likeness (QED) is 0.808. The van der Waals surface area contributed by atoms with Gasteiger partial charge in [-0.05, 0) is 30.5 Å². The maximum atomic E-state index is 11.7. The second-order valence-electron chi connectivity index (χ2n) is 3.70. The smallest absolute Gasteiger partial charge is 0.251 e. The molecule has 0 radical (unpaired) electrons. The lowest BCUT2D eigenvalue weighted by atomic mass is 9.94. The van der Waals surface area contributed by atoms with Crippen LogP contribution in [0.4, 0.5) is 0 Å². The van der Waals surface area contributed by atoms with Gasteiger partial charge in [0.05, 0.1) is 0 Å². The van der Waals surface area contributed by atoms with Gasteiger partial charge in [-0.15, -0.1) is 0 Å². The molecule has 1 atom stereocenters. The van der Waals surface area contributed by atoms with Crippen LogP contribution in [0.1, 0.15) is 29.3 Å². The molecule has 0 spiro atoms. The summed E-state index contributed by atoms with van der Waals surface area (Å²) in [5.41, 5.74) is 1.52. The predicted molar refractivity (Wildman–Crippen MR) is 61.7 cm³/mol. The maximum Gasteiger partial charge on any atom is 0.251 e. The first-order valence-electron chi connectivity index (χ1n) is 4.90. The van der Waals surface area contributed by atoms with Gasteiger partial charge in [0, 0.05) is 21.7 Å². The molecule has 0 bridgehead atoms. The highest BCUT2D eigenvalue weighted by molar-refractivity contribution is 6.35. The fourth-order valence-corrected chi connectivity index (χ4v) is 2.39. The molecule has 1 heterocycles. The van der Waals surface area contributed by atoms with Gasteiger partial charge in [-0.3, -0.25) is 4.79 Å². The summed E-state index contributed by atoms with van der Waals surface area (Å²) >= 11 is 11.9. The lowest BCUT2D eigenvalue weighted by Crippen LogP contribution is -2.41. The number of benzene rings is 1. The molecule has 2 rings (SSSR count). The van der Waals surface area contributed by atoms with E-state index in [-0.39, 0.29) is 11.9 Å². The van der Waals surface area contributed by atoms with Crippen molar-refractivity contribution in [1.82, 2.24) is 5.32 Å². The Morgan fingerprint density at radius 1 is 1.47 bits per heavy atom. The van der Waals surface area contributed by atoms with E-state index < -0.39 is 0 Å². The summed E-state index contributed by atoms with van der Waals surface area (Å²) in [6.45, 7) is 2.04. The number of carbonyl (C=O) groups excluding carboxylic acids is 1. The summed E-state index contributed by atoms with van der Waals surface area (Å²) in [6.07, 6.45) is 1.69. The number of fused-ring (bicyclic) bond motifs is 1. The van der Waals surface area contributed by atoms with Gasteiger partial charge in [0.2, 0.25) is 0 Å². The Hall–Kier alpha value is -0.730. The SMILES string of the molecule is CCC1Cc2c(Cl)cc(Cl)cc2C(=O)N1. The number of carbonyl (C=O) groups is 1. The number of rotatable bonds is 1. The molecule has 0 aromatic heterocycles. The monoisotopic (exact) mass is 243 g/mol. The van der Waals surface area contributed by atoms with E-state index in [4.69, 9.17) is 23.2 Å². The van der Waals surface area contributed by atoms with Crippen LogP contribution in [-0.2, 0) is 6.42 Å². The van der Waals surface area contributed by atoms with Gasteiger partial charge in [-0.25, -0.2) is 0 Å². The highest BCUT2D eigenvalue weighted by Crippen LogP contribution is 2.29. The molecule has 1 aliphatic heterocycles. The Morgan fingerprint density at radius 2 is 2.20 bits per heavy atom. The van der Waals surface area contributed by atoms with E-state index in [1.165, 1.54) is 0 Å². The van der Waals surface area contributed by atoms with Crippen molar-refractivity contribution in [3.8, 4) is 0 Å². The van der Waals surface area contributed by atoms with Crippen LogP contribution in [0.15, 0.2) is 12.1 Å². The minimum absolute atomic E-state index is 0.0764. The molecule has 1 unspecified atom stereocenters. The molecule has 2 nitrogen and oxygen atoms in total.